The molecule has 4 heteroatoms. The van der Waals surface area contributed by atoms with Crippen LogP contribution in [0.25, 0.3) is 0 Å². The summed E-state index contributed by atoms with van der Waals surface area (Å²) in [6, 6.07) is 1.76. The maximum Gasteiger partial charge on any atom is 0.241 e. The van der Waals surface area contributed by atoms with Gasteiger partial charge in [0, 0.05) is 11.5 Å². The van der Waals surface area contributed by atoms with Crippen molar-refractivity contribution in [1.82, 2.24) is 4.90 Å². The van der Waals surface area contributed by atoms with Crippen LogP contribution in [-0.4, -0.2) is 28.9 Å². The van der Waals surface area contributed by atoms with Crippen molar-refractivity contribution < 1.29 is 4.79 Å². The lowest BCUT2D eigenvalue weighted by Gasteiger charge is -2.47. The molecule has 1 heterocycles. The van der Waals surface area contributed by atoms with Gasteiger partial charge in [0.25, 0.3) is 0 Å². The van der Waals surface area contributed by atoms with E-state index in [1.54, 1.807) is 4.90 Å². The zero-order chi connectivity index (χ0) is 13.8. The third-order valence-electron chi connectivity index (χ3n) is 5.46. The smallest absolute Gasteiger partial charge is 0.241 e. The van der Waals surface area contributed by atoms with E-state index in [4.69, 9.17) is 5.73 Å². The van der Waals surface area contributed by atoms with E-state index in [2.05, 4.69) is 12.6 Å². The topological polar surface area (TPSA) is 70.1 Å². The summed E-state index contributed by atoms with van der Waals surface area (Å²) in [4.78, 5) is 14.5. The zero-order valence-electron chi connectivity index (χ0n) is 11.4. The van der Waals surface area contributed by atoms with Crippen LogP contribution >= 0.6 is 0 Å². The van der Waals surface area contributed by atoms with Crippen molar-refractivity contribution in [3.63, 3.8) is 0 Å². The fourth-order valence-corrected chi connectivity index (χ4v) is 3.85. The Balaban J connectivity index is 1.80. The molecule has 0 aromatic heterocycles. The molecule has 3 aliphatic rings. The molecular weight excluding hydrogens is 238 g/mol. The van der Waals surface area contributed by atoms with E-state index in [-0.39, 0.29) is 23.4 Å². The second-order valence-corrected chi connectivity index (χ2v) is 6.46. The van der Waals surface area contributed by atoms with Crippen LogP contribution in [0.4, 0.5) is 0 Å². The molecule has 1 saturated heterocycles. The number of carbonyl (C=O) groups excluding carboxylic acids is 1. The van der Waals surface area contributed by atoms with Crippen molar-refractivity contribution in [3.8, 4) is 6.07 Å². The van der Waals surface area contributed by atoms with Gasteiger partial charge < -0.3 is 10.6 Å². The number of fused-ring (bicyclic) bond motifs is 1. The summed E-state index contributed by atoms with van der Waals surface area (Å²) in [5, 5.41) is 9.19. The molecule has 0 bridgehead atoms. The second-order valence-electron chi connectivity index (χ2n) is 6.46. The highest BCUT2D eigenvalue weighted by molar-refractivity contribution is 5.85. The van der Waals surface area contributed by atoms with Crippen LogP contribution in [0.15, 0.2) is 12.2 Å². The second kappa shape index (κ2) is 4.08. The Kier molecular flexibility index (Phi) is 2.72. The number of nitriles is 1. The molecule has 0 radical (unpaired) electrons. The molecule has 1 amide bonds. The summed E-state index contributed by atoms with van der Waals surface area (Å²) in [6.45, 7) is 6.00. The lowest BCUT2D eigenvalue weighted by Crippen LogP contribution is -2.58. The average Bonchev–Trinajstić information content (AvgIpc) is 2.97. The lowest BCUT2D eigenvalue weighted by molar-refractivity contribution is -0.137. The molecule has 2 N–H and O–H groups in total. The van der Waals surface area contributed by atoms with Gasteiger partial charge in [0.1, 0.15) is 6.04 Å². The van der Waals surface area contributed by atoms with E-state index in [1.165, 1.54) is 0 Å². The quantitative estimate of drug-likeness (QED) is 0.782. The molecular formula is C15H21N3O. The van der Waals surface area contributed by atoms with Gasteiger partial charge in [-0.1, -0.05) is 18.6 Å². The van der Waals surface area contributed by atoms with Crippen molar-refractivity contribution in [2.75, 3.05) is 0 Å². The summed E-state index contributed by atoms with van der Waals surface area (Å²) < 4.78 is 0. The monoisotopic (exact) mass is 259 g/mol. The molecule has 0 aromatic carbocycles. The minimum absolute atomic E-state index is 0.0285. The van der Waals surface area contributed by atoms with E-state index < -0.39 is 6.04 Å². The van der Waals surface area contributed by atoms with Gasteiger partial charge >= 0.3 is 0 Å². The van der Waals surface area contributed by atoms with Crippen LogP contribution in [0.5, 0.6) is 0 Å². The normalized spacial score (nSPS) is 35.8. The number of carbonyl (C=O) groups is 1. The zero-order valence-corrected chi connectivity index (χ0v) is 11.4. The summed E-state index contributed by atoms with van der Waals surface area (Å²) in [7, 11) is 0. The van der Waals surface area contributed by atoms with E-state index in [0.29, 0.717) is 5.92 Å². The molecule has 19 heavy (non-hydrogen) atoms. The molecule has 3 fully saturated rings. The Morgan fingerprint density at radius 3 is 2.68 bits per heavy atom. The molecule has 4 unspecified atom stereocenters. The summed E-state index contributed by atoms with van der Waals surface area (Å²) >= 11 is 0. The van der Waals surface area contributed by atoms with Crippen LogP contribution in [0.2, 0.25) is 0 Å². The van der Waals surface area contributed by atoms with Crippen molar-refractivity contribution in [3.05, 3.63) is 12.2 Å². The van der Waals surface area contributed by atoms with Gasteiger partial charge in [-0.3, -0.25) is 4.79 Å². The Morgan fingerprint density at radius 1 is 1.53 bits per heavy atom. The van der Waals surface area contributed by atoms with E-state index in [1.807, 2.05) is 6.92 Å². The first-order valence-corrected chi connectivity index (χ1v) is 7.14. The Labute approximate surface area is 114 Å². The first-order valence-electron chi connectivity index (χ1n) is 7.14. The molecule has 4 nitrogen and oxygen atoms in total. The largest absolute Gasteiger partial charge is 0.322 e. The van der Waals surface area contributed by atoms with Crippen LogP contribution in [0.3, 0.4) is 0 Å². The van der Waals surface area contributed by atoms with E-state index in [0.717, 1.165) is 37.7 Å². The highest BCUT2D eigenvalue weighted by Crippen LogP contribution is 2.52. The van der Waals surface area contributed by atoms with Gasteiger partial charge in [0.2, 0.25) is 5.91 Å². The van der Waals surface area contributed by atoms with Crippen molar-refractivity contribution in [1.29, 1.82) is 5.26 Å². The van der Waals surface area contributed by atoms with Crippen LogP contribution in [-0.2, 0) is 4.79 Å². The third kappa shape index (κ3) is 1.64. The van der Waals surface area contributed by atoms with Gasteiger partial charge in [0.15, 0.2) is 0 Å². The Hall–Kier alpha value is -1.34. The van der Waals surface area contributed by atoms with Crippen LogP contribution in [0.1, 0.15) is 39.0 Å². The van der Waals surface area contributed by atoms with Gasteiger partial charge in [-0.05, 0) is 38.5 Å². The predicted octanol–water partition coefficient (Wildman–Crippen LogP) is 1.57. The Bertz CT molecular complexity index is 474. The molecule has 2 aliphatic carbocycles. The first kappa shape index (κ1) is 12.7. The van der Waals surface area contributed by atoms with Crippen LogP contribution in [0, 0.1) is 22.7 Å². The number of likely N-dealkylation sites (tertiary alicyclic amines) is 1. The number of nitrogens with zero attached hydrogens (tertiary/aromatic N) is 2. The van der Waals surface area contributed by atoms with Crippen molar-refractivity contribution in [2.45, 2.75) is 57.2 Å². The highest BCUT2D eigenvalue weighted by Gasteiger charge is 2.57. The number of amides is 1. The molecule has 0 spiro atoms. The summed E-state index contributed by atoms with van der Waals surface area (Å²) in [5.41, 5.74) is 7.07. The number of piperidine rings is 1. The standard InChI is InChI=1S/C15H21N3O/c1-9(2)15(4-3-5-15)13(17)14(19)18-11(8-16)6-10-7-12(10)18/h10-13H,1,3-7,17H2,2H3. The molecule has 4 atom stereocenters. The van der Waals surface area contributed by atoms with E-state index in [9.17, 15) is 10.1 Å². The molecule has 2 saturated carbocycles. The molecule has 0 aromatic rings. The molecule has 102 valence electrons. The molecule has 3 rings (SSSR count). The van der Waals surface area contributed by atoms with Crippen molar-refractivity contribution >= 4 is 5.91 Å². The highest BCUT2D eigenvalue weighted by atomic mass is 16.2. The number of rotatable bonds is 3. The van der Waals surface area contributed by atoms with Gasteiger partial charge in [-0.15, -0.1) is 0 Å². The van der Waals surface area contributed by atoms with Gasteiger partial charge in [0.05, 0.1) is 12.1 Å². The van der Waals surface area contributed by atoms with Gasteiger partial charge in [-0.2, -0.15) is 5.26 Å². The van der Waals surface area contributed by atoms with Gasteiger partial charge in [-0.25, -0.2) is 0 Å². The number of hydrogen-bond donors (Lipinski definition) is 1. The SMILES string of the molecule is C=C(C)C1(C(N)C(=O)N2C(C#N)CC3CC32)CCC1. The fraction of sp³-hybridized carbons (Fsp3) is 0.733. The minimum atomic E-state index is -0.519. The van der Waals surface area contributed by atoms with E-state index >= 15 is 0 Å². The number of nitrogens with two attached hydrogens (primary N) is 1. The van der Waals surface area contributed by atoms with Crippen LogP contribution < -0.4 is 5.73 Å². The minimum Gasteiger partial charge on any atom is -0.322 e. The average molecular weight is 259 g/mol. The number of hydrogen-bond acceptors (Lipinski definition) is 3. The third-order valence-corrected chi connectivity index (χ3v) is 5.46. The molecule has 1 aliphatic heterocycles. The predicted molar refractivity (Wildman–Crippen MR) is 71.8 cm³/mol. The lowest BCUT2D eigenvalue weighted by atomic mass is 9.60. The summed E-state index contributed by atoms with van der Waals surface area (Å²) in [6.07, 6.45) is 4.90. The first-order chi connectivity index (χ1) is 9.01. The summed E-state index contributed by atoms with van der Waals surface area (Å²) in [5.74, 6) is 0.516. The Morgan fingerprint density at radius 2 is 2.21 bits per heavy atom. The maximum atomic E-state index is 12.7. The van der Waals surface area contributed by atoms with Crippen molar-refractivity contribution in [2.24, 2.45) is 17.1 Å². The maximum absolute atomic E-state index is 12.7. The fourth-order valence-electron chi connectivity index (χ4n) is 3.85.